The third-order valence-corrected chi connectivity index (χ3v) is 4.69. The zero-order valence-electron chi connectivity index (χ0n) is 15.2. The van der Waals surface area contributed by atoms with Gasteiger partial charge in [-0.3, -0.25) is 4.79 Å². The molecule has 0 bridgehead atoms. The van der Waals surface area contributed by atoms with Gasteiger partial charge in [-0.15, -0.1) is 0 Å². The molecule has 1 unspecified atom stereocenters. The minimum atomic E-state index is -0.0844. The predicted octanol–water partition coefficient (Wildman–Crippen LogP) is 2.54. The van der Waals surface area contributed by atoms with Crippen molar-refractivity contribution in [1.29, 1.82) is 0 Å². The van der Waals surface area contributed by atoms with Gasteiger partial charge in [0.1, 0.15) is 11.5 Å². The molecular weight excluding hydrogens is 330 g/mol. The highest BCUT2D eigenvalue weighted by Gasteiger charge is 2.24. The van der Waals surface area contributed by atoms with Crippen molar-refractivity contribution in [2.24, 2.45) is 5.92 Å². The van der Waals surface area contributed by atoms with E-state index in [2.05, 4.69) is 10.2 Å². The Morgan fingerprint density at radius 2 is 1.92 bits per heavy atom. The molecule has 2 aromatic carbocycles. The minimum absolute atomic E-state index is 0.0844. The average molecular weight is 355 g/mol. The fourth-order valence-electron chi connectivity index (χ4n) is 3.23. The zero-order valence-corrected chi connectivity index (χ0v) is 15.2. The molecule has 1 saturated heterocycles. The number of benzene rings is 2. The number of rotatable bonds is 6. The van der Waals surface area contributed by atoms with E-state index in [-0.39, 0.29) is 5.91 Å². The Balaban J connectivity index is 1.58. The number of amides is 1. The Morgan fingerprint density at radius 1 is 1.19 bits per heavy atom. The van der Waals surface area contributed by atoms with Gasteiger partial charge in [-0.2, -0.15) is 0 Å². The molecule has 1 aliphatic rings. The average Bonchev–Trinajstić information content (AvgIpc) is 3.14. The molecule has 3 rings (SSSR count). The number of nitrogen functional groups attached to an aromatic ring is 1. The lowest BCUT2D eigenvalue weighted by molar-refractivity contribution is 0.0948. The van der Waals surface area contributed by atoms with Gasteiger partial charge in [0.05, 0.1) is 14.2 Å². The Kier molecular flexibility index (Phi) is 5.51. The van der Waals surface area contributed by atoms with Crippen LogP contribution in [0.25, 0.3) is 0 Å². The molecule has 0 aromatic heterocycles. The van der Waals surface area contributed by atoms with E-state index < -0.39 is 0 Å². The Hall–Kier alpha value is -2.89. The van der Waals surface area contributed by atoms with Gasteiger partial charge in [0, 0.05) is 54.8 Å². The number of nitrogens with two attached hydrogens (primary N) is 1. The molecule has 0 aliphatic carbocycles. The highest BCUT2D eigenvalue weighted by molar-refractivity contribution is 5.94. The largest absolute Gasteiger partial charge is 0.497 e. The topological polar surface area (TPSA) is 76.8 Å². The van der Waals surface area contributed by atoms with Crippen LogP contribution in [0.15, 0.2) is 42.5 Å². The molecule has 6 heteroatoms. The lowest BCUT2D eigenvalue weighted by Gasteiger charge is -2.20. The second-order valence-corrected chi connectivity index (χ2v) is 6.51. The van der Waals surface area contributed by atoms with Gasteiger partial charge >= 0.3 is 0 Å². The van der Waals surface area contributed by atoms with Crippen molar-refractivity contribution in [3.63, 3.8) is 0 Å². The molecule has 0 saturated carbocycles. The van der Waals surface area contributed by atoms with Gasteiger partial charge < -0.3 is 25.4 Å². The molecule has 1 fully saturated rings. The van der Waals surface area contributed by atoms with Crippen molar-refractivity contribution in [2.45, 2.75) is 6.42 Å². The predicted molar refractivity (Wildman–Crippen MR) is 103 cm³/mol. The van der Waals surface area contributed by atoms with Crippen LogP contribution in [0, 0.1) is 5.92 Å². The van der Waals surface area contributed by atoms with Crippen LogP contribution >= 0.6 is 0 Å². The van der Waals surface area contributed by atoms with Crippen molar-refractivity contribution < 1.29 is 14.3 Å². The monoisotopic (exact) mass is 355 g/mol. The fourth-order valence-corrected chi connectivity index (χ4v) is 3.23. The van der Waals surface area contributed by atoms with Gasteiger partial charge in [0.15, 0.2) is 0 Å². The summed E-state index contributed by atoms with van der Waals surface area (Å²) < 4.78 is 10.7. The molecular formula is C20H25N3O3. The van der Waals surface area contributed by atoms with E-state index in [1.54, 1.807) is 38.5 Å². The van der Waals surface area contributed by atoms with Gasteiger partial charge in [-0.25, -0.2) is 0 Å². The van der Waals surface area contributed by atoms with E-state index in [9.17, 15) is 4.79 Å². The number of hydrogen-bond acceptors (Lipinski definition) is 5. The maximum atomic E-state index is 12.3. The summed E-state index contributed by atoms with van der Waals surface area (Å²) in [6.07, 6.45) is 1.02. The summed E-state index contributed by atoms with van der Waals surface area (Å²) in [5, 5.41) is 3.01. The normalized spacial score (nSPS) is 16.4. The lowest BCUT2D eigenvalue weighted by atomic mass is 10.1. The number of nitrogens with zero attached hydrogens (tertiary/aromatic N) is 1. The first-order valence-corrected chi connectivity index (χ1v) is 8.71. The first-order valence-electron chi connectivity index (χ1n) is 8.71. The third-order valence-electron chi connectivity index (χ3n) is 4.69. The minimum Gasteiger partial charge on any atom is -0.497 e. The molecule has 6 nitrogen and oxygen atoms in total. The summed E-state index contributed by atoms with van der Waals surface area (Å²) in [6.45, 7) is 2.47. The van der Waals surface area contributed by atoms with Crippen molar-refractivity contribution in [3.05, 3.63) is 48.0 Å². The van der Waals surface area contributed by atoms with E-state index in [1.807, 2.05) is 18.2 Å². The number of ether oxygens (including phenoxy) is 2. The van der Waals surface area contributed by atoms with Crippen LogP contribution in [-0.4, -0.2) is 39.8 Å². The quantitative estimate of drug-likeness (QED) is 0.779. The van der Waals surface area contributed by atoms with Crippen molar-refractivity contribution in [1.82, 2.24) is 5.32 Å². The van der Waals surface area contributed by atoms with E-state index in [1.165, 1.54) is 0 Å². The third kappa shape index (κ3) is 4.20. The Labute approximate surface area is 153 Å². The molecule has 1 heterocycles. The van der Waals surface area contributed by atoms with Gasteiger partial charge in [0.2, 0.25) is 0 Å². The van der Waals surface area contributed by atoms with Crippen LogP contribution in [0.5, 0.6) is 11.5 Å². The number of anilines is 2. The number of methoxy groups -OCH3 is 2. The molecule has 0 spiro atoms. The molecule has 138 valence electrons. The van der Waals surface area contributed by atoms with Gasteiger partial charge in [-0.1, -0.05) is 6.07 Å². The molecule has 26 heavy (non-hydrogen) atoms. The molecule has 2 aromatic rings. The fraction of sp³-hybridized carbons (Fsp3) is 0.350. The second kappa shape index (κ2) is 7.99. The summed E-state index contributed by atoms with van der Waals surface area (Å²) in [4.78, 5) is 14.6. The van der Waals surface area contributed by atoms with Crippen LogP contribution in [0.1, 0.15) is 16.8 Å². The second-order valence-electron chi connectivity index (χ2n) is 6.51. The van der Waals surface area contributed by atoms with Gasteiger partial charge in [0.25, 0.3) is 5.91 Å². The summed E-state index contributed by atoms with van der Waals surface area (Å²) in [6, 6.07) is 12.9. The van der Waals surface area contributed by atoms with Crippen LogP contribution in [0.2, 0.25) is 0 Å². The first kappa shape index (κ1) is 17.9. The molecule has 3 N–H and O–H groups in total. The van der Waals surface area contributed by atoms with Crippen LogP contribution in [0.4, 0.5) is 11.4 Å². The Morgan fingerprint density at radius 3 is 2.58 bits per heavy atom. The van der Waals surface area contributed by atoms with E-state index in [0.717, 1.165) is 36.7 Å². The Bertz CT molecular complexity index is 756. The summed E-state index contributed by atoms with van der Waals surface area (Å²) in [5.74, 6) is 1.87. The molecule has 1 amide bonds. The molecule has 0 radical (unpaired) electrons. The van der Waals surface area contributed by atoms with E-state index >= 15 is 0 Å². The van der Waals surface area contributed by atoms with Crippen molar-refractivity contribution in [2.75, 3.05) is 44.5 Å². The maximum Gasteiger partial charge on any atom is 0.251 e. The number of carbonyl (C=O) groups excluding carboxylic acids is 1. The van der Waals surface area contributed by atoms with E-state index in [0.29, 0.717) is 23.7 Å². The standard InChI is InChI=1S/C20H25N3O3/c1-25-18-9-17(10-19(11-18)26-2)23-7-6-14(13-23)12-22-20(24)15-4-3-5-16(21)8-15/h3-5,8-11,14H,6-7,12-13,21H2,1-2H3,(H,22,24). The van der Waals surface area contributed by atoms with Crippen molar-refractivity contribution >= 4 is 17.3 Å². The van der Waals surface area contributed by atoms with Crippen LogP contribution in [-0.2, 0) is 0 Å². The van der Waals surface area contributed by atoms with Crippen LogP contribution in [0.3, 0.4) is 0 Å². The zero-order chi connectivity index (χ0) is 18.5. The maximum absolute atomic E-state index is 12.3. The van der Waals surface area contributed by atoms with E-state index in [4.69, 9.17) is 15.2 Å². The highest BCUT2D eigenvalue weighted by Crippen LogP contribution is 2.31. The van der Waals surface area contributed by atoms with Crippen molar-refractivity contribution in [3.8, 4) is 11.5 Å². The van der Waals surface area contributed by atoms with Gasteiger partial charge in [-0.05, 0) is 30.5 Å². The SMILES string of the molecule is COc1cc(OC)cc(N2CCC(CNC(=O)c3cccc(N)c3)C2)c1. The number of hydrogen-bond donors (Lipinski definition) is 2. The number of nitrogens with one attached hydrogen (secondary N) is 1. The number of carbonyl (C=O) groups is 1. The summed E-state index contributed by atoms with van der Waals surface area (Å²) >= 11 is 0. The summed E-state index contributed by atoms with van der Waals surface area (Å²) in [7, 11) is 3.30. The lowest BCUT2D eigenvalue weighted by Crippen LogP contribution is -2.31. The highest BCUT2D eigenvalue weighted by atomic mass is 16.5. The smallest absolute Gasteiger partial charge is 0.251 e. The first-order chi connectivity index (χ1) is 12.6. The molecule has 1 aliphatic heterocycles. The molecule has 1 atom stereocenters. The van der Waals surface area contributed by atoms with Crippen LogP contribution < -0.4 is 25.4 Å². The summed E-state index contributed by atoms with van der Waals surface area (Å²) in [5.41, 5.74) is 8.00.